The first kappa shape index (κ1) is 17.7. The Bertz CT molecular complexity index is 241. The van der Waals surface area contributed by atoms with Gasteiger partial charge in [-0.2, -0.15) is 5.10 Å². The molecule has 106 valence electrons. The molecule has 0 bridgehead atoms. The molecule has 0 saturated carbocycles. The predicted octanol–water partition coefficient (Wildman–Crippen LogP) is 3.28. The lowest BCUT2D eigenvalue weighted by Crippen LogP contribution is -2.30. The molecule has 4 nitrogen and oxygen atoms in total. The fraction of sp³-hybridized carbons (Fsp3) is 0.846. The van der Waals surface area contributed by atoms with Crippen LogP contribution in [0.15, 0.2) is 10.1 Å². The van der Waals surface area contributed by atoms with Crippen LogP contribution in [0.25, 0.3) is 0 Å². The summed E-state index contributed by atoms with van der Waals surface area (Å²) in [4.78, 5) is 4.19. The smallest absolute Gasteiger partial charge is 0.212 e. The first-order valence-corrected chi connectivity index (χ1v) is 6.99. The summed E-state index contributed by atoms with van der Waals surface area (Å²) in [6.07, 6.45) is 12.5. The van der Waals surface area contributed by atoms with E-state index in [1.54, 1.807) is 0 Å². The second kappa shape index (κ2) is 13.1. The van der Waals surface area contributed by atoms with Crippen molar-refractivity contribution in [1.82, 2.24) is 10.7 Å². The van der Waals surface area contributed by atoms with Crippen molar-refractivity contribution in [3.05, 3.63) is 0 Å². The molecule has 0 atom stereocenters. The summed E-state index contributed by atoms with van der Waals surface area (Å²) in [7, 11) is 0. The third-order valence-corrected chi connectivity index (χ3v) is 2.87. The second-order valence-electron chi connectivity index (χ2n) is 4.49. The van der Waals surface area contributed by atoms with Crippen LogP contribution >= 0.6 is 24.0 Å². The maximum atomic E-state index is 4.19. The molecule has 2 N–H and O–H groups in total. The van der Waals surface area contributed by atoms with E-state index in [1.165, 1.54) is 44.9 Å². The average Bonchev–Trinajstić information content (AvgIpc) is 2.85. The number of nitrogens with one attached hydrogen (secondary N) is 2. The van der Waals surface area contributed by atoms with Crippen LogP contribution in [0.4, 0.5) is 0 Å². The van der Waals surface area contributed by atoms with Crippen molar-refractivity contribution in [3.8, 4) is 0 Å². The number of aliphatic imine (C=N–C) groups is 1. The first-order chi connectivity index (χ1) is 8.43. The fourth-order valence-electron chi connectivity index (χ4n) is 1.84. The Balaban J connectivity index is 0.00000289. The summed E-state index contributed by atoms with van der Waals surface area (Å²) in [5.74, 6) is 0.806. The Kier molecular flexibility index (Phi) is 12.9. The second-order valence-corrected chi connectivity index (χ2v) is 4.49. The van der Waals surface area contributed by atoms with Crippen molar-refractivity contribution in [2.24, 2.45) is 10.1 Å². The molecule has 5 heteroatoms. The number of halogens is 1. The Morgan fingerprint density at radius 2 is 1.94 bits per heavy atom. The molecular weight excluding hydrogens is 339 g/mol. The van der Waals surface area contributed by atoms with Gasteiger partial charge in [0, 0.05) is 12.8 Å². The van der Waals surface area contributed by atoms with E-state index in [0.717, 1.165) is 25.5 Å². The molecule has 1 aliphatic rings. The summed E-state index contributed by atoms with van der Waals surface area (Å²) < 4.78 is 0. The molecule has 18 heavy (non-hydrogen) atoms. The molecular formula is C13H27IN4. The fourth-order valence-corrected chi connectivity index (χ4v) is 1.84. The van der Waals surface area contributed by atoms with E-state index in [9.17, 15) is 0 Å². The van der Waals surface area contributed by atoms with Crippen LogP contribution in [0.3, 0.4) is 0 Å². The van der Waals surface area contributed by atoms with Gasteiger partial charge in [0.25, 0.3) is 0 Å². The highest BCUT2D eigenvalue weighted by Crippen LogP contribution is 2.07. The lowest BCUT2D eigenvalue weighted by Gasteiger charge is -2.00. The monoisotopic (exact) mass is 366 g/mol. The molecule has 0 aromatic rings. The van der Waals surface area contributed by atoms with Crippen LogP contribution in [0.2, 0.25) is 0 Å². The Morgan fingerprint density at radius 1 is 1.22 bits per heavy atom. The van der Waals surface area contributed by atoms with Crippen molar-refractivity contribution in [2.45, 2.75) is 58.3 Å². The van der Waals surface area contributed by atoms with E-state index < -0.39 is 0 Å². The quantitative estimate of drug-likeness (QED) is 0.285. The first-order valence-electron chi connectivity index (χ1n) is 6.99. The SMILES string of the molecule is CCCCCCCCC/C=N/NC1=NCCN1.I. The molecule has 0 aromatic heterocycles. The standard InChI is InChI=1S/C13H26N4.HI/c1-2-3-4-5-6-7-8-9-10-16-17-13-14-11-12-15-13;/h10H,2-9,11-12H2,1H3,(H2,14,15,17);1H/b16-10+;. The topological polar surface area (TPSA) is 48.8 Å². The summed E-state index contributed by atoms with van der Waals surface area (Å²) in [6.45, 7) is 4.04. The van der Waals surface area contributed by atoms with Gasteiger partial charge in [0.05, 0.1) is 6.54 Å². The molecule has 0 amide bonds. The molecule has 0 aliphatic carbocycles. The Morgan fingerprint density at radius 3 is 2.61 bits per heavy atom. The zero-order valence-corrected chi connectivity index (χ0v) is 13.8. The van der Waals surface area contributed by atoms with Crippen LogP contribution in [-0.4, -0.2) is 25.3 Å². The average molecular weight is 366 g/mol. The summed E-state index contributed by atoms with van der Waals surface area (Å²) in [6, 6.07) is 0. The van der Waals surface area contributed by atoms with E-state index in [4.69, 9.17) is 0 Å². The van der Waals surface area contributed by atoms with Gasteiger partial charge in [-0.3, -0.25) is 0 Å². The van der Waals surface area contributed by atoms with Crippen molar-refractivity contribution in [3.63, 3.8) is 0 Å². The third kappa shape index (κ3) is 9.67. The van der Waals surface area contributed by atoms with Gasteiger partial charge in [0.1, 0.15) is 0 Å². The molecule has 0 spiro atoms. The number of rotatable bonds is 9. The minimum Gasteiger partial charge on any atom is -0.353 e. The van der Waals surface area contributed by atoms with Gasteiger partial charge in [-0.15, -0.1) is 24.0 Å². The van der Waals surface area contributed by atoms with Crippen LogP contribution in [0, 0.1) is 0 Å². The highest BCUT2D eigenvalue weighted by molar-refractivity contribution is 14.0. The van der Waals surface area contributed by atoms with E-state index >= 15 is 0 Å². The highest BCUT2D eigenvalue weighted by Gasteiger charge is 2.00. The number of guanidine groups is 1. The Labute approximate surface area is 128 Å². The normalized spacial score (nSPS) is 14.2. The number of unbranched alkanes of at least 4 members (excludes halogenated alkanes) is 7. The van der Waals surface area contributed by atoms with Gasteiger partial charge < -0.3 is 5.32 Å². The summed E-state index contributed by atoms with van der Waals surface area (Å²) in [5, 5.41) is 7.24. The third-order valence-electron chi connectivity index (χ3n) is 2.87. The van der Waals surface area contributed by atoms with Crippen molar-refractivity contribution in [1.29, 1.82) is 0 Å². The minimum absolute atomic E-state index is 0. The molecule has 0 aromatic carbocycles. The zero-order valence-electron chi connectivity index (χ0n) is 11.5. The van der Waals surface area contributed by atoms with Crippen LogP contribution in [0.5, 0.6) is 0 Å². The van der Waals surface area contributed by atoms with Crippen LogP contribution in [-0.2, 0) is 0 Å². The van der Waals surface area contributed by atoms with E-state index in [2.05, 4.69) is 27.8 Å². The van der Waals surface area contributed by atoms with Gasteiger partial charge in [0.2, 0.25) is 5.96 Å². The zero-order chi connectivity index (χ0) is 12.2. The van der Waals surface area contributed by atoms with Crippen LogP contribution < -0.4 is 10.7 Å². The molecule has 0 radical (unpaired) electrons. The number of nitrogens with zero attached hydrogens (tertiary/aromatic N) is 2. The van der Waals surface area contributed by atoms with Crippen molar-refractivity contribution >= 4 is 36.2 Å². The maximum Gasteiger partial charge on any atom is 0.212 e. The van der Waals surface area contributed by atoms with Gasteiger partial charge >= 0.3 is 0 Å². The number of hydrogen-bond donors (Lipinski definition) is 2. The molecule has 1 rings (SSSR count). The van der Waals surface area contributed by atoms with Crippen molar-refractivity contribution in [2.75, 3.05) is 13.1 Å². The van der Waals surface area contributed by atoms with E-state index in [-0.39, 0.29) is 24.0 Å². The lowest BCUT2D eigenvalue weighted by atomic mass is 10.1. The largest absolute Gasteiger partial charge is 0.353 e. The lowest BCUT2D eigenvalue weighted by molar-refractivity contribution is 0.596. The Hall–Kier alpha value is -0.330. The molecule has 0 saturated heterocycles. The highest BCUT2D eigenvalue weighted by atomic mass is 127. The van der Waals surface area contributed by atoms with Gasteiger partial charge in [-0.25, -0.2) is 10.4 Å². The summed E-state index contributed by atoms with van der Waals surface area (Å²) in [5.41, 5.74) is 2.91. The van der Waals surface area contributed by atoms with Gasteiger partial charge in [-0.05, 0) is 12.8 Å². The molecule has 1 heterocycles. The maximum absolute atomic E-state index is 4.19. The molecule has 1 aliphatic heterocycles. The number of hydrogen-bond acceptors (Lipinski definition) is 4. The van der Waals surface area contributed by atoms with E-state index in [0.29, 0.717) is 0 Å². The van der Waals surface area contributed by atoms with Gasteiger partial charge in [-0.1, -0.05) is 45.4 Å². The van der Waals surface area contributed by atoms with Crippen molar-refractivity contribution < 1.29 is 0 Å². The summed E-state index contributed by atoms with van der Waals surface area (Å²) >= 11 is 0. The minimum atomic E-state index is 0. The van der Waals surface area contributed by atoms with E-state index in [1.807, 2.05) is 6.21 Å². The van der Waals surface area contributed by atoms with Gasteiger partial charge in [0.15, 0.2) is 0 Å². The molecule has 0 unspecified atom stereocenters. The van der Waals surface area contributed by atoms with Crippen LogP contribution in [0.1, 0.15) is 58.3 Å². The predicted molar refractivity (Wildman–Crippen MR) is 90.0 cm³/mol. The molecule has 0 fully saturated rings. The number of hydrazone groups is 1.